The fourth-order valence-electron chi connectivity index (χ4n) is 5.56. The first kappa shape index (κ1) is 24.2. The number of benzene rings is 4. The molecular weight excluding hydrogens is 461 g/mol. The van der Waals surface area contributed by atoms with Crippen molar-refractivity contribution in [3.8, 4) is 0 Å². The molecule has 5 rings (SSSR count). The summed E-state index contributed by atoms with van der Waals surface area (Å²) in [5.74, 6) is -0.307. The molecule has 0 saturated carbocycles. The van der Waals surface area contributed by atoms with Gasteiger partial charge in [-0.25, -0.2) is 0 Å². The Bertz CT molecular complexity index is 1190. The van der Waals surface area contributed by atoms with Gasteiger partial charge in [-0.05, 0) is 0 Å². The molecule has 0 saturated heterocycles. The molecule has 0 spiro atoms. The second kappa shape index (κ2) is 11.0. The summed E-state index contributed by atoms with van der Waals surface area (Å²) in [4.78, 5) is 26.7. The number of amides is 2. The van der Waals surface area contributed by atoms with Crippen LogP contribution < -0.4 is 15.9 Å². The zero-order valence-corrected chi connectivity index (χ0v) is 21.5. The molecule has 1 aliphatic heterocycles. The van der Waals surface area contributed by atoms with Crippen LogP contribution in [0, 0.1) is 0 Å². The van der Waals surface area contributed by atoms with Crippen molar-refractivity contribution in [2.75, 3.05) is 12.7 Å². The summed E-state index contributed by atoms with van der Waals surface area (Å²) in [6.07, 6.45) is 5.13. The molecule has 0 fully saturated rings. The van der Waals surface area contributed by atoms with Crippen LogP contribution in [0.2, 0.25) is 0 Å². The van der Waals surface area contributed by atoms with Gasteiger partial charge in [-0.2, -0.15) is 0 Å². The van der Waals surface area contributed by atoms with Crippen LogP contribution in [0.15, 0.2) is 115 Å². The topological polar surface area (TPSA) is 37.4 Å². The van der Waals surface area contributed by atoms with Crippen LogP contribution in [0.3, 0.4) is 0 Å². The Labute approximate surface area is 214 Å². The van der Waals surface area contributed by atoms with Crippen LogP contribution in [-0.2, 0) is 0 Å². The zero-order valence-electron chi connectivity index (χ0n) is 20.5. The number of fused-ring (bicyclic) bond motifs is 1. The minimum atomic E-state index is -2.19. The third kappa shape index (κ3) is 4.64. The fourth-order valence-corrected chi connectivity index (χ4v) is 10.5. The van der Waals surface area contributed by atoms with Crippen molar-refractivity contribution in [2.24, 2.45) is 0 Å². The van der Waals surface area contributed by atoms with Crippen LogP contribution in [0.25, 0.3) is 0 Å². The monoisotopic (exact) mass is 493 g/mol. The Morgan fingerprint density at radius 1 is 0.472 bits per heavy atom. The molecule has 0 radical (unpaired) electrons. The standard InChI is InChI=1S/C32H32NO2P/c34-31-29-22-12-13-23-30(29)32(35)33(31)24-14-1-2-15-25-36(26-16-6-3-7-17-26,27-18-8-4-9-19-27)28-20-10-5-11-21-28/h3-13,16-23,36H,1-2,14-15,24-25H2. The van der Waals surface area contributed by atoms with E-state index in [-0.39, 0.29) is 11.8 Å². The second-order valence-electron chi connectivity index (χ2n) is 9.48. The van der Waals surface area contributed by atoms with Gasteiger partial charge in [-0.3, -0.25) is 0 Å². The predicted molar refractivity (Wildman–Crippen MR) is 152 cm³/mol. The van der Waals surface area contributed by atoms with E-state index < -0.39 is 7.26 Å². The Morgan fingerprint density at radius 2 is 0.861 bits per heavy atom. The molecule has 0 atom stereocenters. The molecule has 4 aromatic carbocycles. The summed E-state index contributed by atoms with van der Waals surface area (Å²) in [5, 5.41) is 4.32. The van der Waals surface area contributed by atoms with Crippen molar-refractivity contribution in [1.29, 1.82) is 0 Å². The molecule has 1 heterocycles. The van der Waals surface area contributed by atoms with E-state index in [4.69, 9.17) is 0 Å². The van der Waals surface area contributed by atoms with Gasteiger partial charge in [0.1, 0.15) is 0 Å². The summed E-state index contributed by atoms with van der Waals surface area (Å²) < 4.78 is 0. The van der Waals surface area contributed by atoms with Gasteiger partial charge in [0.2, 0.25) is 0 Å². The van der Waals surface area contributed by atoms with E-state index in [1.54, 1.807) is 12.1 Å². The molecule has 0 unspecified atom stereocenters. The molecule has 0 aromatic heterocycles. The first-order valence-corrected chi connectivity index (χ1v) is 15.0. The van der Waals surface area contributed by atoms with Crippen molar-refractivity contribution >= 4 is 35.0 Å². The summed E-state index contributed by atoms with van der Waals surface area (Å²) in [6, 6.07) is 40.2. The van der Waals surface area contributed by atoms with Crippen LogP contribution in [0.5, 0.6) is 0 Å². The number of rotatable bonds is 10. The molecule has 0 N–H and O–H groups in total. The molecule has 0 bridgehead atoms. The van der Waals surface area contributed by atoms with E-state index in [0.29, 0.717) is 17.7 Å². The average molecular weight is 494 g/mol. The van der Waals surface area contributed by atoms with Crippen LogP contribution in [0.1, 0.15) is 46.4 Å². The number of carbonyl (C=O) groups is 2. The van der Waals surface area contributed by atoms with E-state index in [2.05, 4.69) is 91.0 Å². The van der Waals surface area contributed by atoms with Gasteiger partial charge in [0.15, 0.2) is 0 Å². The molecular formula is C32H32NO2P. The third-order valence-corrected chi connectivity index (χ3v) is 12.4. The second-order valence-corrected chi connectivity index (χ2v) is 13.5. The van der Waals surface area contributed by atoms with Crippen LogP contribution in [0.4, 0.5) is 0 Å². The fraction of sp³-hybridized carbons (Fsp3) is 0.188. The molecule has 2 amide bonds. The van der Waals surface area contributed by atoms with Gasteiger partial charge < -0.3 is 0 Å². The van der Waals surface area contributed by atoms with Crippen molar-refractivity contribution in [3.63, 3.8) is 0 Å². The molecule has 1 aliphatic rings. The average Bonchev–Trinajstić information content (AvgIpc) is 3.19. The van der Waals surface area contributed by atoms with Gasteiger partial charge in [0.05, 0.1) is 0 Å². The Kier molecular flexibility index (Phi) is 7.39. The number of unbranched alkanes of at least 4 members (excludes halogenated alkanes) is 3. The Hall–Kier alpha value is -3.55. The van der Waals surface area contributed by atoms with E-state index in [9.17, 15) is 9.59 Å². The molecule has 182 valence electrons. The number of nitrogens with zero attached hydrogens (tertiary/aromatic N) is 1. The minimum absolute atomic E-state index is 0.153. The maximum absolute atomic E-state index is 12.6. The number of hydrogen-bond donors (Lipinski definition) is 0. The molecule has 3 nitrogen and oxygen atoms in total. The van der Waals surface area contributed by atoms with Crippen LogP contribution >= 0.6 is 7.26 Å². The summed E-state index contributed by atoms with van der Waals surface area (Å²) in [7, 11) is -2.19. The van der Waals surface area contributed by atoms with Gasteiger partial charge in [-0.1, -0.05) is 0 Å². The van der Waals surface area contributed by atoms with Gasteiger partial charge in [0.25, 0.3) is 0 Å². The molecule has 4 heteroatoms. The summed E-state index contributed by atoms with van der Waals surface area (Å²) in [6.45, 7) is 0.491. The van der Waals surface area contributed by atoms with Crippen molar-refractivity contribution in [2.45, 2.75) is 25.7 Å². The van der Waals surface area contributed by atoms with E-state index in [0.717, 1.165) is 31.8 Å². The van der Waals surface area contributed by atoms with Crippen molar-refractivity contribution < 1.29 is 9.59 Å². The van der Waals surface area contributed by atoms with Crippen LogP contribution in [-0.4, -0.2) is 29.4 Å². The van der Waals surface area contributed by atoms with E-state index in [1.165, 1.54) is 20.8 Å². The van der Waals surface area contributed by atoms with E-state index >= 15 is 0 Å². The van der Waals surface area contributed by atoms with Gasteiger partial charge in [-0.15, -0.1) is 0 Å². The van der Waals surface area contributed by atoms with Gasteiger partial charge in [0, 0.05) is 0 Å². The normalized spacial score (nSPS) is 13.6. The summed E-state index contributed by atoms with van der Waals surface area (Å²) >= 11 is 0. The number of hydrogen-bond acceptors (Lipinski definition) is 2. The molecule has 0 aliphatic carbocycles. The van der Waals surface area contributed by atoms with Gasteiger partial charge >= 0.3 is 214 Å². The first-order chi connectivity index (χ1) is 17.7. The Morgan fingerprint density at radius 3 is 1.31 bits per heavy atom. The quantitative estimate of drug-likeness (QED) is 0.165. The number of carbonyl (C=O) groups excluding carboxylic acids is 2. The number of imide groups is 1. The zero-order chi connectivity index (χ0) is 24.8. The SMILES string of the molecule is O=C1c2ccccc2C(=O)N1CCCCCC[PH](c1ccccc1)(c1ccccc1)c1ccccc1. The van der Waals surface area contributed by atoms with E-state index in [1.807, 2.05) is 12.1 Å². The third-order valence-electron chi connectivity index (χ3n) is 7.36. The Balaban J connectivity index is 1.28. The molecule has 4 aromatic rings. The van der Waals surface area contributed by atoms with Crippen molar-refractivity contribution in [1.82, 2.24) is 4.90 Å². The first-order valence-electron chi connectivity index (χ1n) is 12.8. The molecule has 36 heavy (non-hydrogen) atoms. The predicted octanol–water partition coefficient (Wildman–Crippen LogP) is 5.57. The maximum atomic E-state index is 12.6. The summed E-state index contributed by atoms with van der Waals surface area (Å²) in [5.41, 5.74) is 1.07. The van der Waals surface area contributed by atoms with Crippen molar-refractivity contribution in [3.05, 3.63) is 126 Å².